The number of hydrogen-bond donors (Lipinski definition) is 0. The molecule has 1 fully saturated rings. The Hall–Kier alpha value is -2.37. The minimum Gasteiger partial charge on any atom is -0.463 e. The quantitative estimate of drug-likeness (QED) is 0.114. The fraction of sp³-hybridized carbons (Fsp3) is 0.435. The van der Waals surface area contributed by atoms with Gasteiger partial charge in [0.2, 0.25) is 0 Å². The van der Waals surface area contributed by atoms with Crippen molar-refractivity contribution in [1.82, 2.24) is 4.90 Å². The molecular formula is C23H21Cl4NO9. The van der Waals surface area contributed by atoms with Crippen molar-refractivity contribution in [1.29, 1.82) is 0 Å². The molecule has 1 aromatic carbocycles. The maximum atomic E-state index is 13.6. The van der Waals surface area contributed by atoms with Crippen LogP contribution in [0.2, 0.25) is 20.1 Å². The molecule has 2 aliphatic heterocycles. The van der Waals surface area contributed by atoms with Crippen LogP contribution in [0.25, 0.3) is 0 Å². The van der Waals surface area contributed by atoms with Gasteiger partial charge in [0.25, 0.3) is 11.8 Å². The van der Waals surface area contributed by atoms with Crippen LogP contribution in [0.15, 0.2) is 12.7 Å². The van der Waals surface area contributed by atoms with Crippen molar-refractivity contribution in [2.24, 2.45) is 0 Å². The number of amides is 2. The Bertz CT molecular complexity index is 1140. The molecule has 5 unspecified atom stereocenters. The Morgan fingerprint density at radius 1 is 0.838 bits per heavy atom. The summed E-state index contributed by atoms with van der Waals surface area (Å²) >= 11 is 24.8. The van der Waals surface area contributed by atoms with E-state index in [-0.39, 0.29) is 44.2 Å². The van der Waals surface area contributed by atoms with Crippen LogP contribution in [0.5, 0.6) is 0 Å². The molecule has 10 nitrogen and oxygen atoms in total. The zero-order valence-corrected chi connectivity index (χ0v) is 22.7. The largest absolute Gasteiger partial charge is 0.463 e. The number of rotatable bonds is 7. The highest BCUT2D eigenvalue weighted by molar-refractivity contribution is 6.55. The van der Waals surface area contributed by atoms with Crippen molar-refractivity contribution in [3.63, 3.8) is 0 Å². The van der Waals surface area contributed by atoms with Gasteiger partial charge in [-0.3, -0.25) is 28.9 Å². The summed E-state index contributed by atoms with van der Waals surface area (Å²) in [5, 5.41) is -1.05. The van der Waals surface area contributed by atoms with Gasteiger partial charge in [-0.2, -0.15) is 0 Å². The number of esters is 3. The third-order valence-corrected chi connectivity index (χ3v) is 7.44. The van der Waals surface area contributed by atoms with Gasteiger partial charge in [0.15, 0.2) is 12.2 Å². The van der Waals surface area contributed by atoms with Gasteiger partial charge in [-0.05, 0) is 6.42 Å². The Balaban J connectivity index is 2.18. The first kappa shape index (κ1) is 29.2. The van der Waals surface area contributed by atoms with Crippen LogP contribution in [-0.2, 0) is 33.3 Å². The van der Waals surface area contributed by atoms with E-state index in [1.807, 2.05) is 0 Å². The maximum Gasteiger partial charge on any atom is 0.303 e. The fourth-order valence-corrected chi connectivity index (χ4v) is 5.32. The molecule has 0 aromatic heterocycles. The maximum absolute atomic E-state index is 13.6. The third-order valence-electron chi connectivity index (χ3n) is 5.64. The van der Waals surface area contributed by atoms with Gasteiger partial charge >= 0.3 is 17.9 Å². The zero-order chi connectivity index (χ0) is 27.8. The van der Waals surface area contributed by atoms with E-state index in [1.165, 1.54) is 13.0 Å². The van der Waals surface area contributed by atoms with E-state index >= 15 is 0 Å². The Morgan fingerprint density at radius 2 is 1.32 bits per heavy atom. The van der Waals surface area contributed by atoms with Gasteiger partial charge in [0, 0.05) is 20.8 Å². The molecule has 0 saturated carbocycles. The minimum atomic E-state index is -1.44. The molecule has 3 rings (SSSR count). The smallest absolute Gasteiger partial charge is 0.303 e. The second-order valence-corrected chi connectivity index (χ2v) is 9.68. The minimum absolute atomic E-state index is 0.0438. The van der Waals surface area contributed by atoms with Crippen LogP contribution >= 0.6 is 46.4 Å². The lowest BCUT2D eigenvalue weighted by Crippen LogP contribution is -2.67. The molecule has 0 aliphatic carbocycles. The molecule has 2 aliphatic rings. The number of halogens is 4. The summed E-state index contributed by atoms with van der Waals surface area (Å²) in [4.78, 5) is 63.6. The summed E-state index contributed by atoms with van der Waals surface area (Å²) in [6.07, 6.45) is -3.49. The van der Waals surface area contributed by atoms with Gasteiger partial charge in [-0.25, -0.2) is 0 Å². The summed E-state index contributed by atoms with van der Waals surface area (Å²) in [7, 11) is 0. The predicted molar refractivity (Wildman–Crippen MR) is 132 cm³/mol. The van der Waals surface area contributed by atoms with Crippen molar-refractivity contribution >= 4 is 76.1 Å². The molecule has 1 saturated heterocycles. The molecule has 0 radical (unpaired) electrons. The normalized spacial score (nSPS) is 24.9. The third kappa shape index (κ3) is 5.58. The first-order valence-electron chi connectivity index (χ1n) is 10.8. The van der Waals surface area contributed by atoms with Gasteiger partial charge in [-0.15, -0.1) is 6.58 Å². The van der Waals surface area contributed by atoms with E-state index in [1.54, 1.807) is 0 Å². The topological polar surface area (TPSA) is 126 Å². The van der Waals surface area contributed by atoms with Crippen LogP contribution in [-0.4, -0.2) is 71.7 Å². The molecule has 1 aromatic rings. The van der Waals surface area contributed by atoms with Crippen LogP contribution in [0.3, 0.4) is 0 Å². The van der Waals surface area contributed by atoms with Gasteiger partial charge in [-0.1, -0.05) is 52.5 Å². The van der Waals surface area contributed by atoms with Crippen molar-refractivity contribution in [2.45, 2.75) is 57.6 Å². The van der Waals surface area contributed by atoms with Gasteiger partial charge in [0.05, 0.1) is 37.3 Å². The number of ether oxygens (including phenoxy) is 4. The van der Waals surface area contributed by atoms with Crippen LogP contribution in [0.1, 0.15) is 47.9 Å². The highest BCUT2D eigenvalue weighted by Crippen LogP contribution is 2.46. The molecule has 2 amide bonds. The second kappa shape index (κ2) is 11.6. The summed E-state index contributed by atoms with van der Waals surface area (Å²) in [6.45, 7) is 6.66. The number of carbonyl (C=O) groups is 5. The first-order chi connectivity index (χ1) is 17.3. The van der Waals surface area contributed by atoms with Gasteiger partial charge < -0.3 is 18.9 Å². The number of benzene rings is 1. The Kier molecular flexibility index (Phi) is 9.13. The highest BCUT2D eigenvalue weighted by Gasteiger charge is 2.57. The summed E-state index contributed by atoms with van der Waals surface area (Å²) < 4.78 is 22.0. The molecular weight excluding hydrogens is 576 g/mol. The van der Waals surface area contributed by atoms with Crippen molar-refractivity contribution in [3.05, 3.63) is 43.9 Å². The van der Waals surface area contributed by atoms with Crippen LogP contribution < -0.4 is 0 Å². The van der Waals surface area contributed by atoms with Crippen molar-refractivity contribution in [2.75, 3.05) is 6.61 Å². The Morgan fingerprint density at radius 3 is 1.76 bits per heavy atom. The molecule has 0 N–H and O–H groups in total. The molecule has 14 heteroatoms. The highest BCUT2D eigenvalue weighted by atomic mass is 35.5. The molecule has 5 atom stereocenters. The summed E-state index contributed by atoms with van der Waals surface area (Å²) in [5.41, 5.74) is -0.591. The SMILES string of the molecule is C=CCC1OC(COC(C)=O)C(OC(C)=O)C(OC(C)=O)C1N1C(=O)c2c(Cl)c(Cl)c(Cl)c(Cl)c2C1=O. The summed E-state index contributed by atoms with van der Waals surface area (Å²) in [6, 6.07) is -1.35. The number of hydrogen-bond acceptors (Lipinski definition) is 9. The Labute approximate surface area is 231 Å². The molecule has 0 bridgehead atoms. The van der Waals surface area contributed by atoms with E-state index in [0.717, 1.165) is 18.7 Å². The monoisotopic (exact) mass is 595 g/mol. The average Bonchev–Trinajstić information content (AvgIpc) is 3.06. The van der Waals surface area contributed by atoms with E-state index in [9.17, 15) is 24.0 Å². The van der Waals surface area contributed by atoms with E-state index in [4.69, 9.17) is 65.4 Å². The number of carbonyl (C=O) groups excluding carboxylic acids is 5. The lowest BCUT2D eigenvalue weighted by atomic mass is 9.89. The molecule has 37 heavy (non-hydrogen) atoms. The van der Waals surface area contributed by atoms with Crippen LogP contribution in [0, 0.1) is 0 Å². The number of imide groups is 1. The van der Waals surface area contributed by atoms with Crippen molar-refractivity contribution in [3.8, 4) is 0 Å². The zero-order valence-electron chi connectivity index (χ0n) is 19.7. The molecule has 0 spiro atoms. The standard InChI is InChI=1S/C23H21Cl4NO9/c1-5-6-11-19(28-22(32)13-14(23(28)33)16(25)18(27)17(26)15(13)24)21(36-10(4)31)20(35-9(3)30)12(37-11)7-34-8(2)29/h5,11-12,19-21H,1,6-7H2,2-4H3. The first-order valence-corrected chi connectivity index (χ1v) is 12.3. The van der Waals surface area contributed by atoms with Crippen LogP contribution in [0.4, 0.5) is 0 Å². The lowest BCUT2D eigenvalue weighted by Gasteiger charge is -2.47. The number of fused-ring (bicyclic) bond motifs is 1. The number of nitrogens with zero attached hydrogens (tertiary/aromatic N) is 1. The fourth-order valence-electron chi connectivity index (χ4n) is 4.31. The molecule has 2 heterocycles. The van der Waals surface area contributed by atoms with Gasteiger partial charge in [0.1, 0.15) is 18.8 Å². The van der Waals surface area contributed by atoms with E-state index in [2.05, 4.69) is 6.58 Å². The van der Waals surface area contributed by atoms with E-state index < -0.39 is 60.2 Å². The second-order valence-electron chi connectivity index (χ2n) is 8.16. The van der Waals surface area contributed by atoms with Crippen molar-refractivity contribution < 1.29 is 42.9 Å². The average molecular weight is 597 g/mol. The predicted octanol–water partition coefficient (Wildman–Crippen LogP) is 4.03. The van der Waals surface area contributed by atoms with E-state index in [0.29, 0.717) is 0 Å². The summed E-state index contributed by atoms with van der Waals surface area (Å²) in [5.74, 6) is -4.06. The lowest BCUT2D eigenvalue weighted by molar-refractivity contribution is -0.229. The molecule has 200 valence electrons.